The minimum atomic E-state index is 0.00532. The standard InChI is InChI=1S/C20H19N3O2/c24-19(12-5-6-12)22-18-11-13(9-10-21-18)20(25)23-16-7-8-17(23)15-4-2-1-3-14(15)16/h1-4,9-12,16-17H,5-8H2,(H,21,22,24). The number of hydrogen-bond donors (Lipinski definition) is 1. The minimum Gasteiger partial charge on any atom is -0.325 e. The number of aromatic nitrogens is 1. The van der Waals surface area contributed by atoms with Gasteiger partial charge in [-0.05, 0) is 48.9 Å². The number of amides is 2. The first-order valence-corrected chi connectivity index (χ1v) is 8.91. The van der Waals surface area contributed by atoms with E-state index in [9.17, 15) is 9.59 Å². The van der Waals surface area contributed by atoms with Gasteiger partial charge in [-0.15, -0.1) is 0 Å². The van der Waals surface area contributed by atoms with Crippen LogP contribution in [0.25, 0.3) is 0 Å². The Morgan fingerprint density at radius 2 is 1.68 bits per heavy atom. The topological polar surface area (TPSA) is 62.3 Å². The summed E-state index contributed by atoms with van der Waals surface area (Å²) < 4.78 is 0. The smallest absolute Gasteiger partial charge is 0.255 e. The van der Waals surface area contributed by atoms with Crippen molar-refractivity contribution in [2.24, 2.45) is 5.92 Å². The van der Waals surface area contributed by atoms with E-state index >= 15 is 0 Å². The van der Waals surface area contributed by atoms with E-state index in [-0.39, 0.29) is 29.8 Å². The van der Waals surface area contributed by atoms with Gasteiger partial charge in [-0.25, -0.2) is 4.98 Å². The van der Waals surface area contributed by atoms with Crippen molar-refractivity contribution in [1.82, 2.24) is 9.88 Å². The molecule has 5 heteroatoms. The highest BCUT2D eigenvalue weighted by molar-refractivity contribution is 5.98. The van der Waals surface area contributed by atoms with E-state index in [2.05, 4.69) is 22.4 Å². The van der Waals surface area contributed by atoms with Crippen LogP contribution in [-0.2, 0) is 4.79 Å². The molecule has 1 aliphatic carbocycles. The average Bonchev–Trinajstić information content (AvgIpc) is 3.35. The highest BCUT2D eigenvalue weighted by Crippen LogP contribution is 2.53. The Morgan fingerprint density at radius 1 is 1.00 bits per heavy atom. The van der Waals surface area contributed by atoms with Crippen LogP contribution in [0.3, 0.4) is 0 Å². The molecule has 1 aromatic heterocycles. The Bertz CT molecular complexity index is 844. The predicted octanol–water partition coefficient (Wildman–Crippen LogP) is 3.46. The van der Waals surface area contributed by atoms with Gasteiger partial charge >= 0.3 is 0 Å². The fraction of sp³-hybridized carbons (Fsp3) is 0.350. The quantitative estimate of drug-likeness (QED) is 0.935. The number of pyridine rings is 1. The first-order chi connectivity index (χ1) is 12.2. The van der Waals surface area contributed by atoms with E-state index in [1.807, 2.05) is 17.0 Å². The molecule has 2 atom stereocenters. The normalized spacial score (nSPS) is 23.4. The summed E-state index contributed by atoms with van der Waals surface area (Å²) in [5, 5.41) is 2.82. The van der Waals surface area contributed by atoms with Crippen molar-refractivity contribution in [3.05, 3.63) is 59.3 Å². The number of nitrogens with zero attached hydrogens (tertiary/aromatic N) is 2. The lowest BCUT2D eigenvalue weighted by Crippen LogP contribution is -2.28. The Hall–Kier alpha value is -2.69. The van der Waals surface area contributed by atoms with Gasteiger partial charge in [0.15, 0.2) is 0 Å². The summed E-state index contributed by atoms with van der Waals surface area (Å²) in [6.45, 7) is 0. The molecule has 2 fully saturated rings. The van der Waals surface area contributed by atoms with Crippen molar-refractivity contribution in [3.63, 3.8) is 0 Å². The summed E-state index contributed by atoms with van der Waals surface area (Å²) in [5.74, 6) is 0.607. The van der Waals surface area contributed by atoms with Crippen molar-refractivity contribution < 1.29 is 9.59 Å². The van der Waals surface area contributed by atoms with Gasteiger partial charge in [0.05, 0.1) is 12.1 Å². The molecule has 3 aliphatic rings. The zero-order valence-corrected chi connectivity index (χ0v) is 13.8. The van der Waals surface area contributed by atoms with E-state index < -0.39 is 0 Å². The second-order valence-electron chi connectivity index (χ2n) is 7.14. The summed E-state index contributed by atoms with van der Waals surface area (Å²) in [5.41, 5.74) is 3.15. The lowest BCUT2D eigenvalue weighted by atomic mass is 9.92. The average molecular weight is 333 g/mol. The first-order valence-electron chi connectivity index (χ1n) is 8.91. The molecule has 2 aliphatic heterocycles. The number of benzene rings is 1. The molecular formula is C20H19N3O2. The summed E-state index contributed by atoms with van der Waals surface area (Å²) in [4.78, 5) is 31.3. The summed E-state index contributed by atoms with van der Waals surface area (Å²) in [7, 11) is 0. The molecule has 5 rings (SSSR count). The van der Waals surface area contributed by atoms with Crippen LogP contribution in [0.5, 0.6) is 0 Å². The molecule has 2 bridgehead atoms. The molecule has 2 amide bonds. The van der Waals surface area contributed by atoms with Gasteiger partial charge in [-0.1, -0.05) is 24.3 Å². The fourth-order valence-corrected chi connectivity index (χ4v) is 4.18. The van der Waals surface area contributed by atoms with E-state index in [1.54, 1.807) is 18.3 Å². The van der Waals surface area contributed by atoms with Crippen LogP contribution < -0.4 is 5.32 Å². The molecule has 1 N–H and O–H groups in total. The molecule has 3 heterocycles. The van der Waals surface area contributed by atoms with Crippen LogP contribution in [0, 0.1) is 5.92 Å². The van der Waals surface area contributed by atoms with Gasteiger partial charge < -0.3 is 10.2 Å². The largest absolute Gasteiger partial charge is 0.325 e. The number of carbonyl (C=O) groups excluding carboxylic acids is 2. The van der Waals surface area contributed by atoms with E-state index in [1.165, 1.54) is 11.1 Å². The van der Waals surface area contributed by atoms with Gasteiger partial charge in [-0.2, -0.15) is 0 Å². The molecule has 25 heavy (non-hydrogen) atoms. The van der Waals surface area contributed by atoms with E-state index in [0.717, 1.165) is 25.7 Å². The monoisotopic (exact) mass is 333 g/mol. The summed E-state index contributed by atoms with van der Waals surface area (Å²) in [6.07, 6.45) is 5.52. The maximum Gasteiger partial charge on any atom is 0.255 e. The maximum atomic E-state index is 13.1. The zero-order valence-electron chi connectivity index (χ0n) is 13.8. The summed E-state index contributed by atoms with van der Waals surface area (Å²) >= 11 is 0. The number of nitrogens with one attached hydrogen (secondary N) is 1. The van der Waals surface area contributed by atoms with Crippen LogP contribution in [0.1, 0.15) is 59.3 Å². The predicted molar refractivity (Wildman–Crippen MR) is 92.9 cm³/mol. The molecule has 0 spiro atoms. The molecule has 2 aromatic rings. The lowest BCUT2D eigenvalue weighted by molar-refractivity contribution is -0.117. The number of carbonyl (C=O) groups is 2. The number of hydrogen-bond acceptors (Lipinski definition) is 3. The van der Waals surface area contributed by atoms with Crippen LogP contribution in [-0.4, -0.2) is 21.7 Å². The number of anilines is 1. The second-order valence-corrected chi connectivity index (χ2v) is 7.14. The van der Waals surface area contributed by atoms with Crippen LogP contribution in [0.4, 0.5) is 5.82 Å². The third-order valence-electron chi connectivity index (χ3n) is 5.54. The van der Waals surface area contributed by atoms with Gasteiger partial charge in [0.2, 0.25) is 5.91 Å². The molecule has 1 saturated carbocycles. The number of rotatable bonds is 3. The summed E-state index contributed by atoms with van der Waals surface area (Å²) in [6, 6.07) is 12.1. The minimum absolute atomic E-state index is 0.00532. The van der Waals surface area contributed by atoms with E-state index in [0.29, 0.717) is 11.4 Å². The Labute approximate surface area is 146 Å². The highest BCUT2D eigenvalue weighted by Gasteiger charge is 2.46. The van der Waals surface area contributed by atoms with Gasteiger partial charge in [0.25, 0.3) is 5.91 Å². The molecule has 2 unspecified atom stereocenters. The maximum absolute atomic E-state index is 13.1. The third kappa shape index (κ3) is 2.34. The Morgan fingerprint density at radius 3 is 2.32 bits per heavy atom. The Balaban J connectivity index is 1.41. The Kier molecular flexibility index (Phi) is 3.17. The van der Waals surface area contributed by atoms with Crippen molar-refractivity contribution in [2.75, 3.05) is 5.32 Å². The second kappa shape index (κ2) is 5.41. The first kappa shape index (κ1) is 14.6. The van der Waals surface area contributed by atoms with Crippen molar-refractivity contribution in [3.8, 4) is 0 Å². The molecule has 126 valence electrons. The van der Waals surface area contributed by atoms with Gasteiger partial charge in [-0.3, -0.25) is 9.59 Å². The highest BCUT2D eigenvalue weighted by atomic mass is 16.2. The molecule has 1 aromatic carbocycles. The molecule has 5 nitrogen and oxygen atoms in total. The van der Waals surface area contributed by atoms with E-state index in [4.69, 9.17) is 0 Å². The molecular weight excluding hydrogens is 314 g/mol. The van der Waals surface area contributed by atoms with Crippen LogP contribution in [0.15, 0.2) is 42.6 Å². The lowest BCUT2D eigenvalue weighted by Gasteiger charge is -2.22. The van der Waals surface area contributed by atoms with Crippen LogP contribution in [0.2, 0.25) is 0 Å². The SMILES string of the molecule is O=C(Nc1cc(C(=O)N2C3CCC2c2ccccc23)ccn1)C1CC1. The number of fused-ring (bicyclic) bond motifs is 5. The van der Waals surface area contributed by atoms with Crippen molar-refractivity contribution in [1.29, 1.82) is 0 Å². The fourth-order valence-electron chi connectivity index (χ4n) is 4.18. The third-order valence-corrected chi connectivity index (χ3v) is 5.54. The molecule has 0 radical (unpaired) electrons. The van der Waals surface area contributed by atoms with Crippen molar-refractivity contribution in [2.45, 2.75) is 37.8 Å². The zero-order chi connectivity index (χ0) is 17.0. The van der Waals surface area contributed by atoms with Crippen molar-refractivity contribution >= 4 is 17.6 Å². The van der Waals surface area contributed by atoms with Gasteiger partial charge in [0, 0.05) is 17.7 Å². The van der Waals surface area contributed by atoms with Crippen LogP contribution >= 0.6 is 0 Å². The molecule has 1 saturated heterocycles. The van der Waals surface area contributed by atoms with Gasteiger partial charge in [0.1, 0.15) is 5.82 Å².